The van der Waals surface area contributed by atoms with Gasteiger partial charge in [0.05, 0.1) is 5.69 Å². The van der Waals surface area contributed by atoms with E-state index in [0.717, 1.165) is 19.3 Å². The van der Waals surface area contributed by atoms with Gasteiger partial charge in [0, 0.05) is 25.6 Å². The number of urea groups is 1. The first kappa shape index (κ1) is 18.4. The summed E-state index contributed by atoms with van der Waals surface area (Å²) in [6.07, 6.45) is 3.05. The van der Waals surface area contributed by atoms with Crippen molar-refractivity contribution in [2.24, 2.45) is 5.92 Å². The molecule has 2 saturated heterocycles. The monoisotopic (exact) mass is 357 g/mol. The van der Waals surface area contributed by atoms with Crippen molar-refractivity contribution in [1.82, 2.24) is 9.80 Å². The molecule has 2 aliphatic rings. The first-order chi connectivity index (χ1) is 12.5. The van der Waals surface area contributed by atoms with Crippen LogP contribution in [-0.4, -0.2) is 53.3 Å². The lowest BCUT2D eigenvalue weighted by atomic mass is 10.0. The lowest BCUT2D eigenvalue weighted by Gasteiger charge is -2.36. The van der Waals surface area contributed by atoms with Crippen molar-refractivity contribution in [1.29, 1.82) is 0 Å². The number of likely N-dealkylation sites (tertiary alicyclic amines) is 1. The Morgan fingerprint density at radius 1 is 1.15 bits per heavy atom. The Balaban J connectivity index is 1.59. The van der Waals surface area contributed by atoms with Crippen LogP contribution in [0, 0.1) is 5.92 Å². The van der Waals surface area contributed by atoms with Gasteiger partial charge in [-0.1, -0.05) is 38.5 Å². The van der Waals surface area contributed by atoms with Crippen molar-refractivity contribution in [2.75, 3.05) is 24.5 Å². The average molecular weight is 357 g/mol. The summed E-state index contributed by atoms with van der Waals surface area (Å²) in [6, 6.07) is 8.82. The van der Waals surface area contributed by atoms with Crippen molar-refractivity contribution in [2.45, 2.75) is 45.6 Å². The molecule has 6 nitrogen and oxygen atoms in total. The Kier molecular flexibility index (Phi) is 5.59. The summed E-state index contributed by atoms with van der Waals surface area (Å²) in [5.74, 6) is 0.418. The second kappa shape index (κ2) is 7.89. The zero-order valence-electron chi connectivity index (χ0n) is 15.6. The minimum atomic E-state index is -0.245. The van der Waals surface area contributed by atoms with E-state index in [4.69, 9.17) is 0 Å². The summed E-state index contributed by atoms with van der Waals surface area (Å²) in [6.45, 7) is 5.63. The molecule has 1 unspecified atom stereocenters. The zero-order chi connectivity index (χ0) is 18.7. The van der Waals surface area contributed by atoms with E-state index in [0.29, 0.717) is 31.1 Å². The summed E-state index contributed by atoms with van der Waals surface area (Å²) in [5, 5.41) is 0. The molecule has 26 heavy (non-hydrogen) atoms. The zero-order valence-corrected chi connectivity index (χ0v) is 15.6. The summed E-state index contributed by atoms with van der Waals surface area (Å²) >= 11 is 0. The molecule has 0 bridgehead atoms. The van der Waals surface area contributed by atoms with Crippen LogP contribution in [0.3, 0.4) is 0 Å². The SMILES string of the molecule is CCC(C)CC(=O)N1CCC(N2CC(=O)N(c3ccccc3)C2=O)CC1. The lowest BCUT2D eigenvalue weighted by molar-refractivity contribution is -0.133. The third-order valence-electron chi connectivity index (χ3n) is 5.48. The Morgan fingerprint density at radius 2 is 1.81 bits per heavy atom. The number of para-hydroxylation sites is 1. The van der Waals surface area contributed by atoms with Crippen molar-refractivity contribution in [3.8, 4) is 0 Å². The number of hydrogen-bond donors (Lipinski definition) is 0. The van der Waals surface area contributed by atoms with Crippen LogP contribution in [0.15, 0.2) is 30.3 Å². The highest BCUT2D eigenvalue weighted by Gasteiger charge is 2.41. The number of piperidine rings is 1. The molecule has 3 rings (SSSR count). The standard InChI is InChI=1S/C20H27N3O3/c1-3-15(2)13-18(24)21-11-9-16(10-12-21)22-14-19(25)23(20(22)26)17-7-5-4-6-8-17/h4-8,15-16H,3,9-14H2,1-2H3. The smallest absolute Gasteiger partial charge is 0.332 e. The molecule has 0 aromatic heterocycles. The van der Waals surface area contributed by atoms with E-state index in [1.54, 1.807) is 17.0 Å². The highest BCUT2D eigenvalue weighted by atomic mass is 16.2. The highest BCUT2D eigenvalue weighted by Crippen LogP contribution is 2.26. The second-order valence-corrected chi connectivity index (χ2v) is 7.30. The Hall–Kier alpha value is -2.37. The number of amides is 4. The molecule has 2 fully saturated rings. The van der Waals surface area contributed by atoms with E-state index >= 15 is 0 Å². The molecule has 0 aliphatic carbocycles. The third-order valence-corrected chi connectivity index (χ3v) is 5.48. The molecule has 4 amide bonds. The molecule has 0 spiro atoms. The molecular formula is C20H27N3O3. The van der Waals surface area contributed by atoms with Crippen molar-refractivity contribution in [3.05, 3.63) is 30.3 Å². The Morgan fingerprint density at radius 3 is 2.42 bits per heavy atom. The predicted molar refractivity (Wildman–Crippen MR) is 99.7 cm³/mol. The van der Waals surface area contributed by atoms with Crippen molar-refractivity contribution >= 4 is 23.5 Å². The van der Waals surface area contributed by atoms with Gasteiger partial charge >= 0.3 is 6.03 Å². The Labute approximate surface area is 154 Å². The van der Waals surface area contributed by atoms with Gasteiger partial charge in [0.2, 0.25) is 5.91 Å². The number of carbonyl (C=O) groups is 3. The first-order valence-corrected chi connectivity index (χ1v) is 9.47. The van der Waals surface area contributed by atoms with Crippen molar-refractivity contribution in [3.63, 3.8) is 0 Å². The fourth-order valence-electron chi connectivity index (χ4n) is 3.63. The Bertz CT molecular complexity index is 668. The summed E-state index contributed by atoms with van der Waals surface area (Å²) in [5.41, 5.74) is 0.617. The van der Waals surface area contributed by atoms with Crippen LogP contribution in [0.4, 0.5) is 10.5 Å². The fraction of sp³-hybridized carbons (Fsp3) is 0.550. The maximum Gasteiger partial charge on any atom is 0.332 e. The second-order valence-electron chi connectivity index (χ2n) is 7.30. The van der Waals surface area contributed by atoms with Gasteiger partial charge in [-0.05, 0) is 30.9 Å². The normalized spacial score (nSPS) is 20.0. The van der Waals surface area contributed by atoms with Gasteiger partial charge in [-0.2, -0.15) is 0 Å². The van der Waals surface area contributed by atoms with Crippen LogP contribution in [-0.2, 0) is 9.59 Å². The van der Waals surface area contributed by atoms with Gasteiger partial charge in [-0.15, -0.1) is 0 Å². The van der Waals surface area contributed by atoms with Gasteiger partial charge in [0.25, 0.3) is 5.91 Å². The van der Waals surface area contributed by atoms with Crippen LogP contribution < -0.4 is 4.90 Å². The highest BCUT2D eigenvalue weighted by molar-refractivity contribution is 6.19. The number of hydrogen-bond acceptors (Lipinski definition) is 3. The summed E-state index contributed by atoms with van der Waals surface area (Å²) in [4.78, 5) is 42.3. The van der Waals surface area contributed by atoms with Gasteiger partial charge in [0.1, 0.15) is 6.54 Å². The van der Waals surface area contributed by atoms with Gasteiger partial charge in [-0.3, -0.25) is 9.59 Å². The number of benzene rings is 1. The topological polar surface area (TPSA) is 60.9 Å². The predicted octanol–water partition coefficient (Wildman–Crippen LogP) is 2.88. The maximum atomic E-state index is 12.8. The first-order valence-electron chi connectivity index (χ1n) is 9.47. The van der Waals surface area contributed by atoms with E-state index in [2.05, 4.69) is 13.8 Å². The maximum absolute atomic E-state index is 12.8. The van der Waals surface area contributed by atoms with Crippen LogP contribution in [0.1, 0.15) is 39.5 Å². The van der Waals surface area contributed by atoms with E-state index in [-0.39, 0.29) is 30.4 Å². The van der Waals surface area contributed by atoms with Gasteiger partial charge in [0.15, 0.2) is 0 Å². The van der Waals surface area contributed by atoms with Crippen LogP contribution >= 0.6 is 0 Å². The lowest BCUT2D eigenvalue weighted by Crippen LogP contribution is -2.48. The third kappa shape index (κ3) is 3.74. The minimum absolute atomic E-state index is 0.0211. The number of nitrogens with zero attached hydrogens (tertiary/aromatic N) is 3. The van der Waals surface area contributed by atoms with Crippen LogP contribution in [0.25, 0.3) is 0 Å². The number of rotatable bonds is 5. The molecule has 0 saturated carbocycles. The molecule has 2 aliphatic heterocycles. The van der Waals surface area contributed by atoms with E-state index in [9.17, 15) is 14.4 Å². The summed E-state index contributed by atoms with van der Waals surface area (Å²) < 4.78 is 0. The van der Waals surface area contributed by atoms with E-state index < -0.39 is 0 Å². The number of anilines is 1. The van der Waals surface area contributed by atoms with Crippen LogP contribution in [0.5, 0.6) is 0 Å². The van der Waals surface area contributed by atoms with Crippen LogP contribution in [0.2, 0.25) is 0 Å². The number of carbonyl (C=O) groups excluding carboxylic acids is 3. The molecular weight excluding hydrogens is 330 g/mol. The van der Waals surface area contributed by atoms with Crippen molar-refractivity contribution < 1.29 is 14.4 Å². The molecule has 1 aromatic rings. The number of imide groups is 1. The molecule has 6 heteroatoms. The molecule has 1 atom stereocenters. The largest absolute Gasteiger partial charge is 0.343 e. The van der Waals surface area contributed by atoms with E-state index in [1.807, 2.05) is 23.1 Å². The fourth-order valence-corrected chi connectivity index (χ4v) is 3.63. The molecule has 140 valence electrons. The summed E-state index contributed by atoms with van der Waals surface area (Å²) in [7, 11) is 0. The molecule has 1 aromatic carbocycles. The molecule has 0 N–H and O–H groups in total. The minimum Gasteiger partial charge on any atom is -0.343 e. The van der Waals surface area contributed by atoms with Gasteiger partial charge in [-0.25, -0.2) is 9.69 Å². The van der Waals surface area contributed by atoms with E-state index in [1.165, 1.54) is 4.90 Å². The van der Waals surface area contributed by atoms with Gasteiger partial charge < -0.3 is 9.80 Å². The average Bonchev–Trinajstić information content (AvgIpc) is 2.96. The molecule has 2 heterocycles. The molecule has 0 radical (unpaired) electrons. The quantitative estimate of drug-likeness (QED) is 0.761.